The molecule has 1 aliphatic rings. The highest BCUT2D eigenvalue weighted by Crippen LogP contribution is 2.26. The van der Waals surface area contributed by atoms with Crippen LogP contribution in [-0.2, 0) is 10.0 Å². The highest BCUT2D eigenvalue weighted by atomic mass is 32.2. The van der Waals surface area contributed by atoms with E-state index in [1.807, 2.05) is 0 Å². The van der Waals surface area contributed by atoms with Crippen LogP contribution < -0.4 is 4.74 Å². The molecular formula is C14H21NO3S. The molecule has 0 aliphatic carbocycles. The Morgan fingerprint density at radius 1 is 1.32 bits per heavy atom. The summed E-state index contributed by atoms with van der Waals surface area (Å²) in [6.45, 7) is 3.41. The summed E-state index contributed by atoms with van der Waals surface area (Å²) in [5.41, 5.74) is 0. The van der Waals surface area contributed by atoms with Crippen molar-refractivity contribution >= 4 is 10.0 Å². The first-order valence-corrected chi connectivity index (χ1v) is 8.16. The Kier molecular flexibility index (Phi) is 4.47. The van der Waals surface area contributed by atoms with Gasteiger partial charge in [0.15, 0.2) is 0 Å². The van der Waals surface area contributed by atoms with Gasteiger partial charge in [-0.05, 0) is 30.9 Å². The molecule has 0 saturated carbocycles. The quantitative estimate of drug-likeness (QED) is 0.853. The van der Waals surface area contributed by atoms with E-state index in [4.69, 9.17) is 4.74 Å². The second-order valence-corrected chi connectivity index (χ2v) is 6.87. The van der Waals surface area contributed by atoms with E-state index in [1.54, 1.807) is 35.7 Å². The van der Waals surface area contributed by atoms with Gasteiger partial charge >= 0.3 is 0 Å². The number of methoxy groups -OCH3 is 1. The van der Waals surface area contributed by atoms with Gasteiger partial charge in [-0.25, -0.2) is 8.42 Å². The Balaban J connectivity index is 2.18. The summed E-state index contributed by atoms with van der Waals surface area (Å²) in [6.07, 6.45) is 3.05. The number of rotatable bonds is 4. The van der Waals surface area contributed by atoms with Crippen LogP contribution in [-0.4, -0.2) is 32.9 Å². The summed E-state index contributed by atoms with van der Waals surface area (Å²) in [5.74, 6) is 1.24. The molecule has 0 aromatic heterocycles. The highest BCUT2D eigenvalue weighted by Gasteiger charge is 2.28. The monoisotopic (exact) mass is 283 g/mol. The van der Waals surface area contributed by atoms with E-state index in [0.29, 0.717) is 29.7 Å². The summed E-state index contributed by atoms with van der Waals surface area (Å²) in [6, 6.07) is 6.68. The smallest absolute Gasteiger partial charge is 0.243 e. The van der Waals surface area contributed by atoms with Crippen molar-refractivity contribution in [1.29, 1.82) is 0 Å². The van der Waals surface area contributed by atoms with Crippen molar-refractivity contribution in [1.82, 2.24) is 4.31 Å². The van der Waals surface area contributed by atoms with E-state index in [2.05, 4.69) is 6.92 Å². The molecule has 4 nitrogen and oxygen atoms in total. The Bertz CT molecular complexity index is 519. The van der Waals surface area contributed by atoms with Crippen LogP contribution in [0.1, 0.15) is 26.2 Å². The standard InChI is InChI=1S/C14H21NO3S/c1-3-12-7-9-15(10-8-12)19(16,17)14-6-4-5-13(11-14)18-2/h4-6,11-12H,3,7-10H2,1-2H3. The molecule has 19 heavy (non-hydrogen) atoms. The molecular weight excluding hydrogens is 262 g/mol. The third-order valence-corrected chi connectivity index (χ3v) is 5.72. The molecule has 1 aromatic carbocycles. The van der Waals surface area contributed by atoms with Crippen molar-refractivity contribution < 1.29 is 13.2 Å². The lowest BCUT2D eigenvalue weighted by Gasteiger charge is -2.30. The molecule has 0 atom stereocenters. The second kappa shape index (κ2) is 5.92. The lowest BCUT2D eigenvalue weighted by Crippen LogP contribution is -2.38. The van der Waals surface area contributed by atoms with Crippen molar-refractivity contribution in [3.8, 4) is 5.75 Å². The Morgan fingerprint density at radius 3 is 2.58 bits per heavy atom. The van der Waals surface area contributed by atoms with Crippen LogP contribution in [0.3, 0.4) is 0 Å². The normalized spacial score (nSPS) is 18.4. The molecule has 1 saturated heterocycles. The Hall–Kier alpha value is -1.07. The SMILES string of the molecule is CCC1CCN(S(=O)(=O)c2cccc(OC)c2)CC1. The third-order valence-electron chi connectivity index (χ3n) is 3.83. The summed E-state index contributed by atoms with van der Waals surface area (Å²) in [5, 5.41) is 0. The van der Waals surface area contributed by atoms with Gasteiger partial charge in [-0.3, -0.25) is 0 Å². The topological polar surface area (TPSA) is 46.6 Å². The average Bonchev–Trinajstić information content (AvgIpc) is 2.47. The lowest BCUT2D eigenvalue weighted by atomic mass is 9.96. The van der Waals surface area contributed by atoms with Crippen LogP contribution in [0.5, 0.6) is 5.75 Å². The zero-order valence-electron chi connectivity index (χ0n) is 11.5. The molecule has 1 aromatic rings. The fourth-order valence-electron chi connectivity index (χ4n) is 2.47. The summed E-state index contributed by atoms with van der Waals surface area (Å²) >= 11 is 0. The van der Waals surface area contributed by atoms with Crippen LogP contribution in [0, 0.1) is 5.92 Å². The van der Waals surface area contributed by atoms with Gasteiger partial charge in [0.05, 0.1) is 12.0 Å². The van der Waals surface area contributed by atoms with Gasteiger partial charge in [0.25, 0.3) is 0 Å². The molecule has 0 radical (unpaired) electrons. The van der Waals surface area contributed by atoms with E-state index >= 15 is 0 Å². The Labute approximate surface area is 115 Å². The van der Waals surface area contributed by atoms with Gasteiger partial charge in [0.2, 0.25) is 10.0 Å². The molecule has 1 aliphatic heterocycles. The summed E-state index contributed by atoms with van der Waals surface area (Å²) in [7, 11) is -1.83. The van der Waals surface area contributed by atoms with Crippen molar-refractivity contribution in [2.75, 3.05) is 20.2 Å². The minimum Gasteiger partial charge on any atom is -0.497 e. The lowest BCUT2D eigenvalue weighted by molar-refractivity contribution is 0.269. The molecule has 5 heteroatoms. The maximum absolute atomic E-state index is 12.5. The molecule has 0 N–H and O–H groups in total. The van der Waals surface area contributed by atoms with Crippen LogP contribution in [0.2, 0.25) is 0 Å². The van der Waals surface area contributed by atoms with Crippen LogP contribution in [0.15, 0.2) is 29.2 Å². The van der Waals surface area contributed by atoms with Gasteiger partial charge in [0.1, 0.15) is 5.75 Å². The molecule has 0 spiro atoms. The van der Waals surface area contributed by atoms with Crippen molar-refractivity contribution in [2.45, 2.75) is 31.1 Å². The number of nitrogens with zero attached hydrogens (tertiary/aromatic N) is 1. The number of ether oxygens (including phenoxy) is 1. The van der Waals surface area contributed by atoms with Crippen LogP contribution >= 0.6 is 0 Å². The zero-order valence-corrected chi connectivity index (χ0v) is 12.3. The molecule has 0 unspecified atom stereocenters. The highest BCUT2D eigenvalue weighted by molar-refractivity contribution is 7.89. The zero-order chi connectivity index (χ0) is 13.9. The van der Waals surface area contributed by atoms with E-state index in [-0.39, 0.29) is 0 Å². The molecule has 0 bridgehead atoms. The largest absolute Gasteiger partial charge is 0.497 e. The van der Waals surface area contributed by atoms with Gasteiger partial charge in [-0.1, -0.05) is 19.4 Å². The molecule has 1 fully saturated rings. The average molecular weight is 283 g/mol. The van der Waals surface area contributed by atoms with Gasteiger partial charge < -0.3 is 4.74 Å². The Morgan fingerprint density at radius 2 is 2.00 bits per heavy atom. The first-order chi connectivity index (χ1) is 9.07. The van der Waals surface area contributed by atoms with Crippen molar-refractivity contribution in [3.05, 3.63) is 24.3 Å². The fraction of sp³-hybridized carbons (Fsp3) is 0.571. The van der Waals surface area contributed by atoms with E-state index < -0.39 is 10.0 Å². The molecule has 2 rings (SSSR count). The maximum Gasteiger partial charge on any atom is 0.243 e. The van der Waals surface area contributed by atoms with Gasteiger partial charge in [-0.2, -0.15) is 4.31 Å². The summed E-state index contributed by atoms with van der Waals surface area (Å²) in [4.78, 5) is 0.321. The maximum atomic E-state index is 12.5. The minimum absolute atomic E-state index is 0.321. The first kappa shape index (κ1) is 14.3. The molecule has 106 valence electrons. The van der Waals surface area contributed by atoms with Crippen molar-refractivity contribution in [3.63, 3.8) is 0 Å². The fourth-order valence-corrected chi connectivity index (χ4v) is 3.97. The minimum atomic E-state index is -3.37. The number of sulfonamides is 1. The van der Waals surface area contributed by atoms with Gasteiger partial charge in [0, 0.05) is 19.2 Å². The molecule has 1 heterocycles. The summed E-state index contributed by atoms with van der Waals surface area (Å²) < 4.78 is 31.7. The van der Waals surface area contributed by atoms with E-state index in [1.165, 1.54) is 0 Å². The van der Waals surface area contributed by atoms with Crippen molar-refractivity contribution in [2.24, 2.45) is 5.92 Å². The number of piperidine rings is 1. The predicted molar refractivity (Wildman–Crippen MR) is 74.8 cm³/mol. The third kappa shape index (κ3) is 3.09. The number of benzene rings is 1. The predicted octanol–water partition coefficient (Wildman–Crippen LogP) is 2.51. The first-order valence-electron chi connectivity index (χ1n) is 6.72. The number of hydrogen-bond donors (Lipinski definition) is 0. The molecule has 0 amide bonds. The number of hydrogen-bond acceptors (Lipinski definition) is 3. The second-order valence-electron chi connectivity index (χ2n) is 4.93. The van der Waals surface area contributed by atoms with Crippen LogP contribution in [0.4, 0.5) is 0 Å². The van der Waals surface area contributed by atoms with E-state index in [0.717, 1.165) is 19.3 Å². The van der Waals surface area contributed by atoms with Gasteiger partial charge in [-0.15, -0.1) is 0 Å². The van der Waals surface area contributed by atoms with Crippen LogP contribution in [0.25, 0.3) is 0 Å². The van der Waals surface area contributed by atoms with E-state index in [9.17, 15) is 8.42 Å².